The molecule has 1 aliphatic carbocycles. The van der Waals surface area contributed by atoms with Gasteiger partial charge in [-0.1, -0.05) is 0 Å². The minimum atomic E-state index is -3.38. The van der Waals surface area contributed by atoms with E-state index >= 15 is 0 Å². The molecule has 1 aromatic carbocycles. The molecular formula is C11H15NO3S. The molecule has 88 valence electrons. The lowest BCUT2D eigenvalue weighted by Gasteiger charge is -2.20. The topological polar surface area (TPSA) is 80.4 Å². The number of nitrogens with two attached hydrogens (primary N) is 1. The molecule has 1 saturated carbocycles. The first-order valence-corrected chi connectivity index (χ1v) is 6.68. The Balaban J connectivity index is 2.44. The van der Waals surface area contributed by atoms with Crippen molar-refractivity contribution in [2.75, 3.05) is 0 Å². The SMILES string of the molecule is CC(N)C1(S(=O)(=O)c2ccc(O)cc2)CC1. The number of phenolic OH excluding ortho intramolecular Hbond substituents is 1. The van der Waals surface area contributed by atoms with Crippen LogP contribution in [0.1, 0.15) is 19.8 Å². The van der Waals surface area contributed by atoms with Crippen LogP contribution in [0.2, 0.25) is 0 Å². The number of benzene rings is 1. The van der Waals surface area contributed by atoms with E-state index in [9.17, 15) is 8.42 Å². The summed E-state index contributed by atoms with van der Waals surface area (Å²) in [5.41, 5.74) is 5.76. The van der Waals surface area contributed by atoms with Crippen LogP contribution in [-0.4, -0.2) is 24.3 Å². The quantitative estimate of drug-likeness (QED) is 0.828. The van der Waals surface area contributed by atoms with Gasteiger partial charge in [-0.25, -0.2) is 8.42 Å². The average Bonchev–Trinajstić information content (AvgIpc) is 2.98. The lowest BCUT2D eigenvalue weighted by molar-refractivity contribution is 0.474. The smallest absolute Gasteiger partial charge is 0.185 e. The van der Waals surface area contributed by atoms with E-state index in [-0.39, 0.29) is 16.7 Å². The monoisotopic (exact) mass is 241 g/mol. The van der Waals surface area contributed by atoms with Crippen LogP contribution in [0.4, 0.5) is 0 Å². The van der Waals surface area contributed by atoms with Gasteiger partial charge in [0.05, 0.1) is 9.64 Å². The fraction of sp³-hybridized carbons (Fsp3) is 0.455. The molecule has 3 N–H and O–H groups in total. The van der Waals surface area contributed by atoms with Crippen molar-refractivity contribution in [3.05, 3.63) is 24.3 Å². The number of hydrogen-bond donors (Lipinski definition) is 2. The molecule has 1 aliphatic rings. The fourth-order valence-corrected chi connectivity index (χ4v) is 4.04. The Morgan fingerprint density at radius 2 is 1.81 bits per heavy atom. The lowest BCUT2D eigenvalue weighted by atomic mass is 10.2. The van der Waals surface area contributed by atoms with Gasteiger partial charge in [0.2, 0.25) is 0 Å². The molecule has 1 atom stereocenters. The molecule has 5 heteroatoms. The molecule has 0 aromatic heterocycles. The first-order valence-electron chi connectivity index (χ1n) is 5.19. The Morgan fingerprint density at radius 3 is 2.19 bits per heavy atom. The summed E-state index contributed by atoms with van der Waals surface area (Å²) in [6, 6.07) is 5.24. The summed E-state index contributed by atoms with van der Waals surface area (Å²) in [6.07, 6.45) is 1.24. The van der Waals surface area contributed by atoms with Crippen molar-refractivity contribution in [1.82, 2.24) is 0 Å². The molecule has 0 spiro atoms. The third kappa shape index (κ3) is 1.51. The number of phenols is 1. The summed E-state index contributed by atoms with van der Waals surface area (Å²) < 4.78 is 23.8. The highest BCUT2D eigenvalue weighted by Gasteiger charge is 2.57. The Labute approximate surface area is 95.0 Å². The molecule has 0 bridgehead atoms. The maximum absolute atomic E-state index is 12.3. The van der Waals surface area contributed by atoms with E-state index in [4.69, 9.17) is 10.8 Å². The van der Waals surface area contributed by atoms with E-state index in [0.717, 1.165) is 0 Å². The van der Waals surface area contributed by atoms with Crippen LogP contribution in [0.25, 0.3) is 0 Å². The summed E-state index contributed by atoms with van der Waals surface area (Å²) in [4.78, 5) is 0.236. The molecule has 16 heavy (non-hydrogen) atoms. The minimum Gasteiger partial charge on any atom is -0.508 e. The highest BCUT2D eigenvalue weighted by molar-refractivity contribution is 7.93. The lowest BCUT2D eigenvalue weighted by Crippen LogP contribution is -2.40. The van der Waals surface area contributed by atoms with E-state index in [0.29, 0.717) is 12.8 Å². The molecular weight excluding hydrogens is 226 g/mol. The second-order valence-corrected chi connectivity index (χ2v) is 6.64. The largest absolute Gasteiger partial charge is 0.508 e. The van der Waals surface area contributed by atoms with Gasteiger partial charge in [-0.3, -0.25) is 0 Å². The number of sulfone groups is 1. The average molecular weight is 241 g/mol. The van der Waals surface area contributed by atoms with Crippen molar-refractivity contribution < 1.29 is 13.5 Å². The predicted molar refractivity (Wildman–Crippen MR) is 60.9 cm³/mol. The van der Waals surface area contributed by atoms with Gasteiger partial charge in [-0.15, -0.1) is 0 Å². The normalized spacial score (nSPS) is 20.4. The molecule has 0 amide bonds. The summed E-state index contributed by atoms with van der Waals surface area (Å²) in [5, 5.41) is 9.13. The second-order valence-electron chi connectivity index (χ2n) is 4.35. The van der Waals surface area contributed by atoms with Gasteiger partial charge in [-0.2, -0.15) is 0 Å². The Hall–Kier alpha value is -1.07. The van der Waals surface area contributed by atoms with Crippen molar-refractivity contribution in [2.24, 2.45) is 5.73 Å². The van der Waals surface area contributed by atoms with Crippen LogP contribution in [0.3, 0.4) is 0 Å². The van der Waals surface area contributed by atoms with Gasteiger partial charge in [0.25, 0.3) is 0 Å². The Morgan fingerprint density at radius 1 is 1.31 bits per heavy atom. The number of hydrogen-bond acceptors (Lipinski definition) is 4. The third-order valence-electron chi connectivity index (χ3n) is 3.25. The van der Waals surface area contributed by atoms with Crippen LogP contribution < -0.4 is 5.73 Å². The van der Waals surface area contributed by atoms with Crippen molar-refractivity contribution >= 4 is 9.84 Å². The predicted octanol–water partition coefficient (Wildman–Crippen LogP) is 1.05. The van der Waals surface area contributed by atoms with Crippen LogP contribution in [0.15, 0.2) is 29.2 Å². The zero-order valence-corrected chi connectivity index (χ0v) is 9.87. The van der Waals surface area contributed by atoms with E-state index in [2.05, 4.69) is 0 Å². The van der Waals surface area contributed by atoms with Crippen molar-refractivity contribution in [2.45, 2.75) is 35.4 Å². The maximum Gasteiger partial charge on any atom is 0.185 e. The van der Waals surface area contributed by atoms with Crippen LogP contribution in [-0.2, 0) is 9.84 Å². The summed E-state index contributed by atoms with van der Waals surface area (Å²) in [7, 11) is -3.38. The molecule has 0 radical (unpaired) electrons. The molecule has 1 aromatic rings. The van der Waals surface area contributed by atoms with Crippen molar-refractivity contribution in [1.29, 1.82) is 0 Å². The zero-order chi connectivity index (χ0) is 12.0. The molecule has 0 saturated heterocycles. The summed E-state index contributed by atoms with van der Waals surface area (Å²) >= 11 is 0. The van der Waals surface area contributed by atoms with Gasteiger partial charge >= 0.3 is 0 Å². The number of rotatable bonds is 3. The van der Waals surface area contributed by atoms with E-state index in [1.807, 2.05) is 0 Å². The van der Waals surface area contributed by atoms with Crippen LogP contribution in [0.5, 0.6) is 5.75 Å². The second kappa shape index (κ2) is 3.46. The van der Waals surface area contributed by atoms with Gasteiger partial charge in [0, 0.05) is 6.04 Å². The summed E-state index contributed by atoms with van der Waals surface area (Å²) in [6.45, 7) is 1.73. The molecule has 0 heterocycles. The van der Waals surface area contributed by atoms with Crippen molar-refractivity contribution in [3.63, 3.8) is 0 Å². The third-order valence-corrected chi connectivity index (χ3v) is 6.00. The van der Waals surface area contributed by atoms with E-state index in [1.165, 1.54) is 24.3 Å². The highest BCUT2D eigenvalue weighted by Crippen LogP contribution is 2.48. The van der Waals surface area contributed by atoms with E-state index in [1.54, 1.807) is 6.92 Å². The maximum atomic E-state index is 12.3. The summed E-state index contributed by atoms with van der Waals surface area (Å²) in [5.74, 6) is 0.0598. The van der Waals surface area contributed by atoms with Crippen molar-refractivity contribution in [3.8, 4) is 5.75 Å². The first kappa shape index (κ1) is 11.4. The highest BCUT2D eigenvalue weighted by atomic mass is 32.2. The van der Waals surface area contributed by atoms with Gasteiger partial charge < -0.3 is 10.8 Å². The molecule has 0 aliphatic heterocycles. The van der Waals surface area contributed by atoms with Crippen LogP contribution in [0, 0.1) is 0 Å². The minimum absolute atomic E-state index is 0.0598. The van der Waals surface area contributed by atoms with E-state index < -0.39 is 14.6 Å². The zero-order valence-electron chi connectivity index (χ0n) is 9.05. The molecule has 2 rings (SSSR count). The van der Waals surface area contributed by atoms with Gasteiger partial charge in [0.1, 0.15) is 5.75 Å². The Bertz CT molecular complexity index is 486. The van der Waals surface area contributed by atoms with Gasteiger partial charge in [-0.05, 0) is 44.0 Å². The standard InChI is InChI=1S/C11H15NO3S/c1-8(12)11(6-7-11)16(14,15)10-4-2-9(13)3-5-10/h2-5,8,13H,6-7,12H2,1H3. The molecule has 1 unspecified atom stereocenters. The number of aromatic hydroxyl groups is 1. The Kier molecular flexibility index (Phi) is 2.47. The fourth-order valence-electron chi connectivity index (χ4n) is 1.95. The van der Waals surface area contributed by atoms with Gasteiger partial charge in [0.15, 0.2) is 9.84 Å². The first-order chi connectivity index (χ1) is 7.40. The molecule has 1 fully saturated rings. The van der Waals surface area contributed by atoms with Crippen LogP contribution >= 0.6 is 0 Å². The molecule has 4 nitrogen and oxygen atoms in total.